The molecule has 0 unspecified atom stereocenters. The van der Waals surface area contributed by atoms with E-state index in [4.69, 9.17) is 9.47 Å². The first-order valence-electron chi connectivity index (χ1n) is 12.5. The number of rotatable bonds is 5. The van der Waals surface area contributed by atoms with Gasteiger partial charge in [0.1, 0.15) is 17.5 Å². The average Bonchev–Trinajstić information content (AvgIpc) is 2.83. The zero-order valence-corrected chi connectivity index (χ0v) is 22.1. The highest BCUT2D eigenvalue weighted by Gasteiger charge is 2.41. The Balaban J connectivity index is 1.57. The maximum atomic E-state index is 13.9. The molecule has 2 aliphatic heterocycles. The summed E-state index contributed by atoms with van der Waals surface area (Å²) >= 11 is 1.70. The molecule has 6 nitrogen and oxygen atoms in total. The second-order valence-corrected chi connectivity index (χ2v) is 11.8. The molecule has 0 aliphatic carbocycles. The molecule has 0 radical (unpaired) electrons. The molecule has 0 aromatic heterocycles. The predicted octanol–water partition coefficient (Wildman–Crippen LogP) is 5.10. The van der Waals surface area contributed by atoms with Crippen molar-refractivity contribution < 1.29 is 23.5 Å². The zero-order valence-electron chi connectivity index (χ0n) is 21.3. The van der Waals surface area contributed by atoms with Gasteiger partial charge in [0.2, 0.25) is 0 Å². The van der Waals surface area contributed by atoms with Crippen molar-refractivity contribution in [3.8, 4) is 0 Å². The highest BCUT2D eigenvalue weighted by atomic mass is 32.2. The molecular formula is C28H35FN2O4S. The molecule has 194 valence electrons. The highest BCUT2D eigenvalue weighted by molar-refractivity contribution is 7.99. The number of amides is 2. The number of carbonyl (C=O) groups is 2. The van der Waals surface area contributed by atoms with Crippen LogP contribution < -0.4 is 5.32 Å². The van der Waals surface area contributed by atoms with E-state index in [1.165, 1.54) is 17.7 Å². The molecule has 1 saturated heterocycles. The van der Waals surface area contributed by atoms with Gasteiger partial charge in [-0.05, 0) is 61.8 Å². The third-order valence-electron chi connectivity index (χ3n) is 6.49. The fourth-order valence-corrected chi connectivity index (χ4v) is 5.95. The van der Waals surface area contributed by atoms with Crippen molar-refractivity contribution in [3.05, 3.63) is 71.0 Å². The molecule has 1 N–H and O–H groups in total. The van der Waals surface area contributed by atoms with Crippen LogP contribution in [0.2, 0.25) is 0 Å². The quantitative estimate of drug-likeness (QED) is 0.601. The first kappa shape index (κ1) is 26.5. The van der Waals surface area contributed by atoms with Gasteiger partial charge in [0.15, 0.2) is 0 Å². The van der Waals surface area contributed by atoms with Crippen LogP contribution in [0.4, 0.5) is 9.18 Å². The van der Waals surface area contributed by atoms with E-state index < -0.39 is 17.8 Å². The third-order valence-corrected chi connectivity index (χ3v) is 7.72. The molecule has 0 saturated carbocycles. The minimum atomic E-state index is -0.688. The summed E-state index contributed by atoms with van der Waals surface area (Å²) in [5.74, 6) is 0.441. The maximum Gasteiger partial charge on any atom is 0.407 e. The number of thioether (sulfide) groups is 1. The minimum Gasteiger partial charge on any atom is -0.444 e. The largest absolute Gasteiger partial charge is 0.444 e. The average molecular weight is 515 g/mol. The molecule has 0 bridgehead atoms. The van der Waals surface area contributed by atoms with Gasteiger partial charge in [-0.1, -0.05) is 43.3 Å². The lowest BCUT2D eigenvalue weighted by Gasteiger charge is -2.42. The van der Waals surface area contributed by atoms with Crippen LogP contribution in [0.5, 0.6) is 0 Å². The Morgan fingerprint density at radius 2 is 1.89 bits per heavy atom. The van der Waals surface area contributed by atoms with E-state index in [2.05, 4.69) is 18.3 Å². The summed E-state index contributed by atoms with van der Waals surface area (Å²) in [7, 11) is 0. The number of alkyl carbamates (subject to hydrolysis) is 1. The van der Waals surface area contributed by atoms with Crippen LogP contribution in [0.25, 0.3) is 0 Å². The summed E-state index contributed by atoms with van der Waals surface area (Å²) in [4.78, 5) is 28.3. The monoisotopic (exact) mass is 514 g/mol. The SMILES string of the molecule is CCS[C@H]1CO[C@@H](C(=O)N2CCc3ccccc3[C@@H]2c2ccc(F)cc2)C[C@@H]1NC(=O)OC(C)(C)C. The smallest absolute Gasteiger partial charge is 0.407 e. The predicted molar refractivity (Wildman–Crippen MR) is 140 cm³/mol. The summed E-state index contributed by atoms with van der Waals surface area (Å²) in [6, 6.07) is 13.8. The van der Waals surface area contributed by atoms with E-state index >= 15 is 0 Å². The van der Waals surface area contributed by atoms with Crippen LogP contribution in [-0.4, -0.2) is 58.8 Å². The van der Waals surface area contributed by atoms with Crippen molar-refractivity contribution in [3.63, 3.8) is 0 Å². The summed E-state index contributed by atoms with van der Waals surface area (Å²) in [5, 5.41) is 3.02. The van der Waals surface area contributed by atoms with Crippen molar-refractivity contribution in [2.24, 2.45) is 0 Å². The molecule has 2 amide bonds. The van der Waals surface area contributed by atoms with Gasteiger partial charge in [0, 0.05) is 24.3 Å². The molecule has 4 rings (SSSR count). The Morgan fingerprint density at radius 3 is 2.58 bits per heavy atom. The van der Waals surface area contributed by atoms with Gasteiger partial charge in [-0.25, -0.2) is 9.18 Å². The molecule has 2 heterocycles. The van der Waals surface area contributed by atoms with Gasteiger partial charge in [-0.2, -0.15) is 11.8 Å². The Bertz CT molecular complexity index is 1070. The van der Waals surface area contributed by atoms with E-state index in [0.717, 1.165) is 23.3 Å². The summed E-state index contributed by atoms with van der Waals surface area (Å²) in [6.45, 7) is 8.43. The number of hydrogen-bond acceptors (Lipinski definition) is 5. The fraction of sp³-hybridized carbons (Fsp3) is 0.500. The van der Waals surface area contributed by atoms with Gasteiger partial charge < -0.3 is 19.7 Å². The van der Waals surface area contributed by atoms with Crippen LogP contribution >= 0.6 is 11.8 Å². The topological polar surface area (TPSA) is 67.9 Å². The van der Waals surface area contributed by atoms with E-state index in [1.807, 2.05) is 43.9 Å². The molecule has 0 spiro atoms. The summed E-state index contributed by atoms with van der Waals surface area (Å²) in [5.41, 5.74) is 2.48. The van der Waals surface area contributed by atoms with Crippen molar-refractivity contribution in [2.75, 3.05) is 18.9 Å². The molecule has 36 heavy (non-hydrogen) atoms. The third kappa shape index (κ3) is 6.21. The van der Waals surface area contributed by atoms with Crippen LogP contribution in [-0.2, 0) is 20.7 Å². The van der Waals surface area contributed by atoms with Crippen molar-refractivity contribution in [2.45, 2.75) is 69.6 Å². The van der Waals surface area contributed by atoms with E-state index in [0.29, 0.717) is 19.6 Å². The molecule has 8 heteroatoms. The molecule has 1 fully saturated rings. The van der Waals surface area contributed by atoms with Crippen LogP contribution in [0, 0.1) is 5.82 Å². The van der Waals surface area contributed by atoms with Gasteiger partial charge in [-0.15, -0.1) is 0 Å². The molecule has 4 atom stereocenters. The van der Waals surface area contributed by atoms with Crippen molar-refractivity contribution in [1.29, 1.82) is 0 Å². The van der Waals surface area contributed by atoms with E-state index in [9.17, 15) is 14.0 Å². The maximum absolute atomic E-state index is 13.9. The van der Waals surface area contributed by atoms with Gasteiger partial charge in [0.05, 0.1) is 12.6 Å². The van der Waals surface area contributed by atoms with E-state index in [1.54, 1.807) is 23.9 Å². The second-order valence-electron chi connectivity index (χ2n) is 10.2. The lowest BCUT2D eigenvalue weighted by atomic mass is 9.87. The number of halogens is 1. The zero-order chi connectivity index (χ0) is 25.9. The van der Waals surface area contributed by atoms with Gasteiger partial charge in [0.25, 0.3) is 5.91 Å². The molecule has 2 aromatic rings. The van der Waals surface area contributed by atoms with Crippen LogP contribution in [0.1, 0.15) is 56.8 Å². The Labute approximate surface area is 216 Å². The van der Waals surface area contributed by atoms with Crippen LogP contribution in [0.15, 0.2) is 48.5 Å². The van der Waals surface area contributed by atoms with Gasteiger partial charge in [-0.3, -0.25) is 4.79 Å². The number of ether oxygens (including phenoxy) is 2. The number of benzene rings is 2. The van der Waals surface area contributed by atoms with Crippen molar-refractivity contribution >= 4 is 23.8 Å². The molecule has 2 aromatic carbocycles. The number of fused-ring (bicyclic) bond motifs is 1. The first-order chi connectivity index (χ1) is 17.2. The van der Waals surface area contributed by atoms with Crippen LogP contribution in [0.3, 0.4) is 0 Å². The first-order valence-corrected chi connectivity index (χ1v) is 13.6. The van der Waals surface area contributed by atoms with Gasteiger partial charge >= 0.3 is 6.09 Å². The number of carbonyl (C=O) groups excluding carboxylic acids is 2. The highest BCUT2D eigenvalue weighted by Crippen LogP contribution is 2.37. The second kappa shape index (κ2) is 11.2. The lowest BCUT2D eigenvalue weighted by molar-refractivity contribution is -0.149. The lowest BCUT2D eigenvalue weighted by Crippen LogP contribution is -2.55. The minimum absolute atomic E-state index is 0.0292. The fourth-order valence-electron chi connectivity index (χ4n) is 4.93. The summed E-state index contributed by atoms with van der Waals surface area (Å²) in [6.07, 6.45) is -0.0743. The Hall–Kier alpha value is -2.58. The molecular weight excluding hydrogens is 479 g/mol. The Morgan fingerprint density at radius 1 is 1.17 bits per heavy atom. The number of nitrogens with one attached hydrogen (secondary N) is 1. The molecule has 2 aliphatic rings. The Kier molecular flexibility index (Phi) is 8.25. The number of nitrogens with zero attached hydrogens (tertiary/aromatic N) is 1. The summed E-state index contributed by atoms with van der Waals surface area (Å²) < 4.78 is 25.3. The van der Waals surface area contributed by atoms with Crippen molar-refractivity contribution in [1.82, 2.24) is 10.2 Å². The normalized spacial score (nSPS) is 24.1. The standard InChI is InChI=1S/C28H35FN2O4S/c1-5-36-24-17-34-23(16-22(24)30-27(33)35-28(2,3)4)26(32)31-15-14-18-8-6-7-9-21(18)25(31)19-10-12-20(29)13-11-19/h6-13,22-25H,5,14-17H2,1-4H3,(H,30,33)/t22-,23+,24-,25-/m0/s1. The van der Waals surface area contributed by atoms with E-state index in [-0.39, 0.29) is 29.1 Å². The number of hydrogen-bond donors (Lipinski definition) is 1.